The Hall–Kier alpha value is -2.19. The highest BCUT2D eigenvalue weighted by Crippen LogP contribution is 2.10. The van der Waals surface area contributed by atoms with E-state index in [1.165, 1.54) is 6.20 Å². The average molecular weight is 273 g/mol. The number of carbonyl (C=O) groups is 1. The maximum Gasteiger partial charge on any atom is 0.341 e. The highest BCUT2D eigenvalue weighted by atomic mass is 32.1. The molecule has 4 nitrogen and oxygen atoms in total. The first-order valence-corrected chi connectivity index (χ1v) is 6.25. The van der Waals surface area contributed by atoms with Crippen LogP contribution >= 0.6 is 12.6 Å². The molecular weight excluding hydrogens is 262 g/mol. The fourth-order valence-corrected chi connectivity index (χ4v) is 1.79. The number of thiol groups is 1. The molecular formula is C14H11NO3S. The van der Waals surface area contributed by atoms with Crippen molar-refractivity contribution in [1.82, 2.24) is 4.98 Å². The molecule has 0 fully saturated rings. The van der Waals surface area contributed by atoms with Crippen molar-refractivity contribution in [2.45, 2.75) is 6.42 Å². The van der Waals surface area contributed by atoms with E-state index in [9.17, 15) is 9.59 Å². The van der Waals surface area contributed by atoms with Crippen LogP contribution in [0.3, 0.4) is 0 Å². The number of aromatic amines is 1. The molecule has 1 aromatic heterocycles. The topological polar surface area (TPSA) is 70.2 Å². The number of benzene rings is 1. The van der Waals surface area contributed by atoms with Crippen molar-refractivity contribution in [3.05, 3.63) is 45.7 Å². The molecule has 0 radical (unpaired) electrons. The van der Waals surface area contributed by atoms with Crippen LogP contribution in [0.15, 0.2) is 29.2 Å². The average Bonchev–Trinajstić information content (AvgIpc) is 2.39. The number of carboxylic acids is 1. The summed E-state index contributed by atoms with van der Waals surface area (Å²) < 4.78 is 0. The quantitative estimate of drug-likeness (QED) is 0.578. The van der Waals surface area contributed by atoms with Crippen LogP contribution in [-0.2, 0) is 0 Å². The van der Waals surface area contributed by atoms with Gasteiger partial charge in [0.05, 0.1) is 5.52 Å². The number of rotatable bonds is 2. The smallest absolute Gasteiger partial charge is 0.341 e. The summed E-state index contributed by atoms with van der Waals surface area (Å²) >= 11 is 4.06. The zero-order chi connectivity index (χ0) is 13.8. The van der Waals surface area contributed by atoms with Gasteiger partial charge in [0.1, 0.15) is 5.56 Å². The van der Waals surface area contributed by atoms with Crippen LogP contribution in [0.4, 0.5) is 0 Å². The highest BCUT2D eigenvalue weighted by molar-refractivity contribution is 7.80. The monoisotopic (exact) mass is 273 g/mol. The first kappa shape index (κ1) is 13.2. The summed E-state index contributed by atoms with van der Waals surface area (Å²) in [5, 5.41) is 9.22. The third-order valence-corrected chi connectivity index (χ3v) is 2.80. The second-order valence-electron chi connectivity index (χ2n) is 3.87. The summed E-state index contributed by atoms with van der Waals surface area (Å²) in [6.07, 6.45) is 1.90. The molecule has 0 aliphatic carbocycles. The number of hydrogen-bond acceptors (Lipinski definition) is 3. The van der Waals surface area contributed by atoms with Gasteiger partial charge in [0.15, 0.2) is 0 Å². The lowest BCUT2D eigenvalue weighted by molar-refractivity contribution is 0.0695. The zero-order valence-corrected chi connectivity index (χ0v) is 10.8. The van der Waals surface area contributed by atoms with Crippen LogP contribution in [0.2, 0.25) is 0 Å². The van der Waals surface area contributed by atoms with Crippen molar-refractivity contribution in [2.75, 3.05) is 5.75 Å². The molecule has 0 unspecified atom stereocenters. The van der Waals surface area contributed by atoms with E-state index in [0.29, 0.717) is 23.1 Å². The Morgan fingerprint density at radius 1 is 1.42 bits per heavy atom. The lowest BCUT2D eigenvalue weighted by Gasteiger charge is -2.00. The van der Waals surface area contributed by atoms with Crippen LogP contribution in [0.1, 0.15) is 22.3 Å². The number of hydrogen-bond donors (Lipinski definition) is 3. The van der Waals surface area contributed by atoms with E-state index in [0.717, 1.165) is 5.56 Å². The molecule has 5 heteroatoms. The second-order valence-corrected chi connectivity index (χ2v) is 4.32. The van der Waals surface area contributed by atoms with Crippen LogP contribution in [0.25, 0.3) is 10.9 Å². The fraction of sp³-hybridized carbons (Fsp3) is 0.143. The van der Waals surface area contributed by atoms with Gasteiger partial charge in [-0.3, -0.25) is 4.79 Å². The summed E-state index contributed by atoms with van der Waals surface area (Å²) in [6, 6.07) is 5.02. The van der Waals surface area contributed by atoms with Gasteiger partial charge in [-0.05, 0) is 18.2 Å². The molecule has 1 aromatic carbocycles. The molecule has 0 saturated carbocycles. The Kier molecular flexibility index (Phi) is 3.93. The van der Waals surface area contributed by atoms with Gasteiger partial charge >= 0.3 is 5.97 Å². The van der Waals surface area contributed by atoms with Gasteiger partial charge < -0.3 is 10.1 Å². The van der Waals surface area contributed by atoms with Crippen LogP contribution in [-0.4, -0.2) is 21.8 Å². The summed E-state index contributed by atoms with van der Waals surface area (Å²) in [6.45, 7) is 0. The third kappa shape index (κ3) is 2.80. The summed E-state index contributed by atoms with van der Waals surface area (Å²) in [5.41, 5.74) is 0.596. The molecule has 0 amide bonds. The molecule has 19 heavy (non-hydrogen) atoms. The second kappa shape index (κ2) is 5.63. The number of aromatic nitrogens is 1. The Balaban J connectivity index is 2.53. The van der Waals surface area contributed by atoms with Gasteiger partial charge in [-0.1, -0.05) is 11.8 Å². The van der Waals surface area contributed by atoms with Crippen molar-refractivity contribution in [1.29, 1.82) is 0 Å². The lowest BCUT2D eigenvalue weighted by Crippen LogP contribution is -2.15. The Labute approximate surface area is 114 Å². The SMILES string of the molecule is O=C(O)c1c[nH]c2cc(C#CCCS)ccc2c1=O. The first-order chi connectivity index (χ1) is 9.13. The van der Waals surface area contributed by atoms with Crippen LogP contribution in [0, 0.1) is 11.8 Å². The molecule has 2 rings (SSSR count). The maximum atomic E-state index is 11.9. The van der Waals surface area contributed by atoms with E-state index >= 15 is 0 Å². The number of pyridine rings is 1. The van der Waals surface area contributed by atoms with Gasteiger partial charge in [0.25, 0.3) is 0 Å². The normalized spacial score (nSPS) is 9.95. The minimum Gasteiger partial charge on any atom is -0.477 e. The number of nitrogens with one attached hydrogen (secondary N) is 1. The van der Waals surface area contributed by atoms with Crippen molar-refractivity contribution in [3.8, 4) is 11.8 Å². The molecule has 0 bridgehead atoms. The molecule has 0 aliphatic rings. The lowest BCUT2D eigenvalue weighted by atomic mass is 10.1. The van der Waals surface area contributed by atoms with Gasteiger partial charge in [0.2, 0.25) is 5.43 Å². The van der Waals surface area contributed by atoms with Gasteiger partial charge in [-0.25, -0.2) is 4.79 Å². The van der Waals surface area contributed by atoms with E-state index in [2.05, 4.69) is 29.5 Å². The molecule has 2 N–H and O–H groups in total. The molecule has 1 heterocycles. The van der Waals surface area contributed by atoms with E-state index in [1.54, 1.807) is 18.2 Å². The predicted molar refractivity (Wildman–Crippen MR) is 76.9 cm³/mol. The van der Waals surface area contributed by atoms with Gasteiger partial charge in [-0.2, -0.15) is 12.6 Å². The van der Waals surface area contributed by atoms with Crippen molar-refractivity contribution in [2.24, 2.45) is 0 Å². The highest BCUT2D eigenvalue weighted by Gasteiger charge is 2.11. The largest absolute Gasteiger partial charge is 0.477 e. The molecule has 0 atom stereocenters. The number of carboxylic acid groups (broad SMARTS) is 1. The van der Waals surface area contributed by atoms with Crippen molar-refractivity contribution in [3.63, 3.8) is 0 Å². The molecule has 0 spiro atoms. The number of fused-ring (bicyclic) bond motifs is 1. The number of aromatic carboxylic acids is 1. The minimum atomic E-state index is -1.24. The van der Waals surface area contributed by atoms with Gasteiger partial charge in [-0.15, -0.1) is 0 Å². The minimum absolute atomic E-state index is 0.263. The van der Waals surface area contributed by atoms with Crippen molar-refractivity contribution < 1.29 is 9.90 Å². The van der Waals surface area contributed by atoms with Crippen LogP contribution < -0.4 is 5.43 Å². The Bertz CT molecular complexity index is 753. The van der Waals surface area contributed by atoms with E-state index in [-0.39, 0.29) is 5.56 Å². The predicted octanol–water partition coefficient (Wildman–Crippen LogP) is 1.90. The molecule has 2 aromatic rings. The Morgan fingerprint density at radius 3 is 2.89 bits per heavy atom. The maximum absolute atomic E-state index is 11.9. The summed E-state index contributed by atoms with van der Waals surface area (Å²) in [7, 11) is 0. The molecule has 0 saturated heterocycles. The third-order valence-electron chi connectivity index (χ3n) is 2.58. The number of H-pyrrole nitrogens is 1. The zero-order valence-electron chi connectivity index (χ0n) is 9.93. The fourth-order valence-electron chi connectivity index (χ4n) is 1.68. The molecule has 0 aliphatic heterocycles. The summed E-state index contributed by atoms with van der Waals surface area (Å²) in [4.78, 5) is 25.6. The summed E-state index contributed by atoms with van der Waals surface area (Å²) in [5.74, 6) is 5.36. The van der Waals surface area contributed by atoms with E-state index in [1.807, 2.05) is 0 Å². The van der Waals surface area contributed by atoms with Crippen molar-refractivity contribution >= 4 is 29.5 Å². The molecule has 96 valence electrons. The van der Waals surface area contributed by atoms with Gasteiger partial charge in [0, 0.05) is 29.3 Å². The standard InChI is InChI=1S/C14H11NO3S/c16-13-10-5-4-9(3-1-2-6-19)7-12(10)15-8-11(13)14(17)18/h4-5,7-8,19H,2,6H2,(H,15,16)(H,17,18). The van der Waals surface area contributed by atoms with E-state index in [4.69, 9.17) is 5.11 Å². The van der Waals surface area contributed by atoms with Crippen LogP contribution in [0.5, 0.6) is 0 Å². The first-order valence-electron chi connectivity index (χ1n) is 5.62. The van der Waals surface area contributed by atoms with E-state index < -0.39 is 11.4 Å². The Morgan fingerprint density at radius 2 is 2.21 bits per heavy atom.